The molecule has 22 heavy (non-hydrogen) atoms. The first-order valence-electron chi connectivity index (χ1n) is 6.90. The van der Waals surface area contributed by atoms with Gasteiger partial charge in [-0.05, 0) is 12.1 Å². The minimum Gasteiger partial charge on any atom is -0.495 e. The van der Waals surface area contributed by atoms with Gasteiger partial charge in [-0.25, -0.2) is 0 Å². The topological polar surface area (TPSA) is 57.4 Å². The first-order valence-corrected chi connectivity index (χ1v) is 7.28. The van der Waals surface area contributed by atoms with Crippen LogP contribution in [0.3, 0.4) is 0 Å². The van der Waals surface area contributed by atoms with Crippen LogP contribution in [0.15, 0.2) is 41.4 Å². The van der Waals surface area contributed by atoms with Gasteiger partial charge >= 0.3 is 0 Å². The summed E-state index contributed by atoms with van der Waals surface area (Å²) in [6.07, 6.45) is 0. The van der Waals surface area contributed by atoms with E-state index in [-0.39, 0.29) is 0 Å². The fraction of sp³-hybridized carbons (Fsp3) is 0.176. The summed E-state index contributed by atoms with van der Waals surface area (Å²) in [7, 11) is 1.56. The summed E-state index contributed by atoms with van der Waals surface area (Å²) in [4.78, 5) is 4.65. The van der Waals surface area contributed by atoms with Crippen molar-refractivity contribution in [1.82, 2.24) is 0 Å². The number of hydrogen-bond acceptors (Lipinski definition) is 4. The van der Waals surface area contributed by atoms with Crippen LogP contribution >= 0.6 is 11.6 Å². The van der Waals surface area contributed by atoms with Crippen LogP contribution in [0.4, 0.5) is 5.69 Å². The van der Waals surface area contributed by atoms with Crippen LogP contribution in [0.5, 0.6) is 5.75 Å². The zero-order valence-corrected chi connectivity index (χ0v) is 12.8. The maximum absolute atomic E-state index is 9.32. The Morgan fingerprint density at radius 2 is 2.09 bits per heavy atom. The van der Waals surface area contributed by atoms with Crippen molar-refractivity contribution in [1.29, 1.82) is 5.26 Å². The SMILES string of the molecule is COc1cc2c(cc1C#N)C(c1ccccc1Cl)=NCCN2. The number of halogens is 1. The number of benzene rings is 2. The second-order valence-electron chi connectivity index (χ2n) is 4.85. The minimum atomic E-state index is 0.477. The predicted octanol–water partition coefficient (Wildman–Crippen LogP) is 3.48. The molecule has 1 N–H and O–H groups in total. The highest BCUT2D eigenvalue weighted by molar-refractivity contribution is 6.35. The van der Waals surface area contributed by atoms with Crippen LogP contribution in [-0.2, 0) is 0 Å². The smallest absolute Gasteiger partial charge is 0.138 e. The van der Waals surface area contributed by atoms with Gasteiger partial charge in [0.05, 0.1) is 24.9 Å². The molecule has 0 saturated carbocycles. The molecule has 0 radical (unpaired) electrons. The summed E-state index contributed by atoms with van der Waals surface area (Å²) < 4.78 is 5.28. The van der Waals surface area contributed by atoms with Gasteiger partial charge in [-0.3, -0.25) is 4.99 Å². The Morgan fingerprint density at radius 1 is 1.27 bits per heavy atom. The van der Waals surface area contributed by atoms with Gasteiger partial charge in [0.25, 0.3) is 0 Å². The molecule has 0 spiro atoms. The molecule has 5 heteroatoms. The molecule has 0 amide bonds. The summed E-state index contributed by atoms with van der Waals surface area (Å²) in [6.45, 7) is 1.36. The highest BCUT2D eigenvalue weighted by Gasteiger charge is 2.19. The fourth-order valence-corrected chi connectivity index (χ4v) is 2.73. The van der Waals surface area contributed by atoms with E-state index >= 15 is 0 Å². The number of nitriles is 1. The third-order valence-electron chi connectivity index (χ3n) is 3.54. The van der Waals surface area contributed by atoms with Crippen molar-refractivity contribution in [2.75, 3.05) is 25.5 Å². The lowest BCUT2D eigenvalue weighted by atomic mass is 9.98. The third kappa shape index (κ3) is 2.51. The molecule has 1 heterocycles. The quantitative estimate of drug-likeness (QED) is 0.923. The molecular formula is C17H14ClN3O. The van der Waals surface area contributed by atoms with Crippen molar-refractivity contribution >= 4 is 23.0 Å². The Kier molecular flexibility index (Phi) is 3.99. The van der Waals surface area contributed by atoms with E-state index in [1.54, 1.807) is 13.2 Å². The average molecular weight is 312 g/mol. The van der Waals surface area contributed by atoms with E-state index in [9.17, 15) is 5.26 Å². The van der Waals surface area contributed by atoms with Crippen LogP contribution in [0.2, 0.25) is 5.02 Å². The number of fused-ring (bicyclic) bond motifs is 1. The molecule has 1 aliphatic heterocycles. The van der Waals surface area contributed by atoms with Crippen LogP contribution in [0.1, 0.15) is 16.7 Å². The summed E-state index contributed by atoms with van der Waals surface area (Å²) in [5.74, 6) is 0.550. The van der Waals surface area contributed by atoms with Crippen molar-refractivity contribution < 1.29 is 4.74 Å². The number of rotatable bonds is 2. The highest BCUT2D eigenvalue weighted by atomic mass is 35.5. The monoisotopic (exact) mass is 311 g/mol. The number of ether oxygens (including phenoxy) is 1. The molecule has 0 fully saturated rings. The van der Waals surface area contributed by atoms with Crippen molar-refractivity contribution in [3.63, 3.8) is 0 Å². The molecule has 110 valence electrons. The number of nitrogens with one attached hydrogen (secondary N) is 1. The van der Waals surface area contributed by atoms with E-state index in [0.29, 0.717) is 22.9 Å². The van der Waals surface area contributed by atoms with E-state index in [0.717, 1.165) is 29.1 Å². The number of anilines is 1. The van der Waals surface area contributed by atoms with Crippen molar-refractivity contribution in [2.45, 2.75) is 0 Å². The van der Waals surface area contributed by atoms with E-state index in [1.807, 2.05) is 30.3 Å². The highest BCUT2D eigenvalue weighted by Crippen LogP contribution is 2.31. The van der Waals surface area contributed by atoms with Crippen LogP contribution in [0, 0.1) is 11.3 Å². The summed E-state index contributed by atoms with van der Waals surface area (Å²) in [5.41, 5.74) is 3.90. The molecule has 0 bridgehead atoms. The predicted molar refractivity (Wildman–Crippen MR) is 88.2 cm³/mol. The molecule has 0 atom stereocenters. The Balaban J connectivity index is 2.22. The molecule has 1 aliphatic rings. The molecular weight excluding hydrogens is 298 g/mol. The minimum absolute atomic E-state index is 0.477. The van der Waals surface area contributed by atoms with E-state index in [4.69, 9.17) is 16.3 Å². The summed E-state index contributed by atoms with van der Waals surface area (Å²) in [6, 6.07) is 13.4. The molecule has 0 unspecified atom stereocenters. The van der Waals surface area contributed by atoms with Crippen LogP contribution in [0.25, 0.3) is 0 Å². The number of aliphatic imine (C=N–C) groups is 1. The lowest BCUT2D eigenvalue weighted by Gasteiger charge is -2.14. The second kappa shape index (κ2) is 6.08. The van der Waals surface area contributed by atoms with Crippen molar-refractivity contribution in [3.05, 3.63) is 58.1 Å². The Hall–Kier alpha value is -2.51. The molecule has 0 aliphatic carbocycles. The Labute approximate surface area is 134 Å². The number of hydrogen-bond donors (Lipinski definition) is 1. The fourth-order valence-electron chi connectivity index (χ4n) is 2.51. The lowest BCUT2D eigenvalue weighted by molar-refractivity contribution is 0.413. The van der Waals surface area contributed by atoms with Gasteiger partial charge in [-0.2, -0.15) is 5.26 Å². The Morgan fingerprint density at radius 3 is 2.82 bits per heavy atom. The van der Waals surface area contributed by atoms with Gasteiger partial charge in [-0.1, -0.05) is 29.8 Å². The van der Waals surface area contributed by atoms with Crippen molar-refractivity contribution in [2.24, 2.45) is 4.99 Å². The van der Waals surface area contributed by atoms with E-state index in [2.05, 4.69) is 16.4 Å². The zero-order chi connectivity index (χ0) is 15.5. The molecule has 3 rings (SSSR count). The number of benzodiazepines with no additional fused rings is 1. The standard InChI is InChI=1S/C17H14ClN3O/c1-22-16-9-15-13(8-11(16)10-19)17(21-7-6-20-15)12-4-2-3-5-14(12)18/h2-5,8-9,20H,6-7H2,1H3. The van der Waals surface area contributed by atoms with E-state index in [1.165, 1.54) is 0 Å². The Bertz CT molecular complexity index is 793. The van der Waals surface area contributed by atoms with Gasteiger partial charge in [0, 0.05) is 34.4 Å². The molecule has 4 nitrogen and oxygen atoms in total. The average Bonchev–Trinajstić information content (AvgIpc) is 2.75. The molecule has 2 aromatic carbocycles. The maximum atomic E-state index is 9.32. The first kappa shape index (κ1) is 14.4. The molecule has 0 saturated heterocycles. The van der Waals surface area contributed by atoms with Crippen molar-refractivity contribution in [3.8, 4) is 11.8 Å². The van der Waals surface area contributed by atoms with Crippen LogP contribution in [-0.4, -0.2) is 25.9 Å². The molecule has 2 aromatic rings. The maximum Gasteiger partial charge on any atom is 0.138 e. The molecule has 0 aromatic heterocycles. The third-order valence-corrected chi connectivity index (χ3v) is 3.87. The largest absolute Gasteiger partial charge is 0.495 e. The van der Waals surface area contributed by atoms with E-state index < -0.39 is 0 Å². The van der Waals surface area contributed by atoms with Gasteiger partial charge in [0.1, 0.15) is 11.8 Å². The summed E-state index contributed by atoms with van der Waals surface area (Å²) >= 11 is 6.32. The number of methoxy groups -OCH3 is 1. The van der Waals surface area contributed by atoms with Crippen LogP contribution < -0.4 is 10.1 Å². The van der Waals surface area contributed by atoms with Gasteiger partial charge in [0.2, 0.25) is 0 Å². The normalized spacial score (nSPS) is 13.2. The zero-order valence-electron chi connectivity index (χ0n) is 12.1. The second-order valence-corrected chi connectivity index (χ2v) is 5.25. The lowest BCUT2D eigenvalue weighted by Crippen LogP contribution is -2.07. The van der Waals surface area contributed by atoms with Gasteiger partial charge < -0.3 is 10.1 Å². The van der Waals surface area contributed by atoms with Gasteiger partial charge in [0.15, 0.2) is 0 Å². The van der Waals surface area contributed by atoms with Gasteiger partial charge in [-0.15, -0.1) is 0 Å². The summed E-state index contributed by atoms with van der Waals surface area (Å²) in [5, 5.41) is 13.3. The number of nitrogens with zero attached hydrogens (tertiary/aromatic N) is 2. The first-order chi connectivity index (χ1) is 10.7.